The van der Waals surface area contributed by atoms with E-state index in [4.69, 9.17) is 10.5 Å². The van der Waals surface area contributed by atoms with E-state index in [1.165, 1.54) is 28.9 Å². The van der Waals surface area contributed by atoms with Gasteiger partial charge in [0.25, 0.3) is 0 Å². The van der Waals surface area contributed by atoms with Gasteiger partial charge in [-0.05, 0) is 50.2 Å². The number of hydrogen-bond donors (Lipinski definition) is 1. The Kier molecular flexibility index (Phi) is 3.25. The van der Waals surface area contributed by atoms with E-state index in [1.54, 1.807) is 0 Å². The van der Waals surface area contributed by atoms with Gasteiger partial charge in [0.2, 0.25) is 0 Å². The fraction of sp³-hybridized carbons (Fsp3) is 0.474. The second-order valence-electron chi connectivity index (χ2n) is 6.55. The van der Waals surface area contributed by atoms with Crippen molar-refractivity contribution in [2.75, 3.05) is 0 Å². The summed E-state index contributed by atoms with van der Waals surface area (Å²) in [6.07, 6.45) is 19.6. The lowest BCUT2D eigenvalue weighted by atomic mass is 9.83. The van der Waals surface area contributed by atoms with E-state index in [0.717, 1.165) is 44.2 Å². The molecule has 0 spiro atoms. The molecule has 3 aliphatic carbocycles. The Hall–Kier alpha value is -1.70. The van der Waals surface area contributed by atoms with Crippen LogP contribution in [0.5, 0.6) is 0 Å². The highest BCUT2D eigenvalue weighted by Crippen LogP contribution is 2.43. The third-order valence-electron chi connectivity index (χ3n) is 5.13. The molecular weight excluding hydrogens is 258 g/mol. The van der Waals surface area contributed by atoms with Gasteiger partial charge in [0.1, 0.15) is 11.9 Å². The molecule has 4 rings (SSSR count). The summed E-state index contributed by atoms with van der Waals surface area (Å²) in [6, 6.07) is 0. The minimum atomic E-state index is 0.400. The largest absolute Gasteiger partial charge is 0.493 e. The minimum absolute atomic E-state index is 0.400. The van der Waals surface area contributed by atoms with Crippen molar-refractivity contribution in [1.29, 1.82) is 0 Å². The van der Waals surface area contributed by atoms with Crippen LogP contribution in [0.15, 0.2) is 58.6 Å². The molecular formula is C19H23NO. The summed E-state index contributed by atoms with van der Waals surface area (Å²) in [4.78, 5) is 0. The van der Waals surface area contributed by atoms with Gasteiger partial charge < -0.3 is 10.5 Å². The molecule has 2 unspecified atom stereocenters. The Bertz CT molecular complexity index is 603. The Morgan fingerprint density at radius 1 is 1.14 bits per heavy atom. The summed E-state index contributed by atoms with van der Waals surface area (Å²) in [5.41, 5.74) is 11.5. The molecule has 21 heavy (non-hydrogen) atoms. The van der Waals surface area contributed by atoms with E-state index in [-0.39, 0.29) is 0 Å². The lowest BCUT2D eigenvalue weighted by Crippen LogP contribution is -2.19. The van der Waals surface area contributed by atoms with Crippen LogP contribution in [0.4, 0.5) is 0 Å². The first kappa shape index (κ1) is 13.0. The first-order valence-electron chi connectivity index (χ1n) is 8.21. The van der Waals surface area contributed by atoms with Crippen LogP contribution >= 0.6 is 0 Å². The molecule has 1 aliphatic heterocycles. The van der Waals surface area contributed by atoms with Gasteiger partial charge in [-0.1, -0.05) is 29.9 Å². The summed E-state index contributed by atoms with van der Waals surface area (Å²) < 4.78 is 6.16. The zero-order chi connectivity index (χ0) is 14.2. The van der Waals surface area contributed by atoms with Crippen LogP contribution < -0.4 is 5.73 Å². The van der Waals surface area contributed by atoms with Crippen LogP contribution in [-0.2, 0) is 4.74 Å². The van der Waals surface area contributed by atoms with E-state index in [9.17, 15) is 0 Å². The van der Waals surface area contributed by atoms with Crippen molar-refractivity contribution in [3.63, 3.8) is 0 Å². The van der Waals surface area contributed by atoms with Gasteiger partial charge in [-0.25, -0.2) is 0 Å². The van der Waals surface area contributed by atoms with Crippen LogP contribution in [-0.4, -0.2) is 6.10 Å². The second-order valence-corrected chi connectivity index (χ2v) is 6.55. The fourth-order valence-electron chi connectivity index (χ4n) is 3.96. The van der Waals surface area contributed by atoms with Crippen LogP contribution in [0.25, 0.3) is 0 Å². The highest BCUT2D eigenvalue weighted by atomic mass is 16.5. The predicted octanol–water partition coefficient (Wildman–Crippen LogP) is 4.28. The smallest absolute Gasteiger partial charge is 0.109 e. The number of ether oxygens (including phenoxy) is 1. The predicted molar refractivity (Wildman–Crippen MR) is 85.3 cm³/mol. The average Bonchev–Trinajstić information content (AvgIpc) is 2.88. The van der Waals surface area contributed by atoms with Crippen molar-refractivity contribution in [3.05, 3.63) is 58.6 Å². The number of allylic oxidation sites excluding steroid dienone is 7. The normalized spacial score (nSPS) is 31.0. The molecule has 2 heteroatoms. The average molecular weight is 281 g/mol. The van der Waals surface area contributed by atoms with Gasteiger partial charge in [-0.3, -0.25) is 0 Å². The maximum absolute atomic E-state index is 6.16. The molecule has 0 aromatic heterocycles. The molecule has 2 N–H and O–H groups in total. The van der Waals surface area contributed by atoms with Gasteiger partial charge in [0, 0.05) is 23.6 Å². The van der Waals surface area contributed by atoms with Crippen molar-refractivity contribution >= 4 is 0 Å². The van der Waals surface area contributed by atoms with Crippen molar-refractivity contribution in [2.45, 2.75) is 51.0 Å². The van der Waals surface area contributed by atoms with Gasteiger partial charge in [-0.2, -0.15) is 0 Å². The van der Waals surface area contributed by atoms with Crippen LogP contribution in [0.2, 0.25) is 0 Å². The molecule has 1 heterocycles. The number of fused-ring (bicyclic) bond motifs is 2. The molecule has 110 valence electrons. The minimum Gasteiger partial charge on any atom is -0.493 e. The van der Waals surface area contributed by atoms with Gasteiger partial charge in [0.15, 0.2) is 0 Å². The Morgan fingerprint density at radius 3 is 3.00 bits per heavy atom. The van der Waals surface area contributed by atoms with Crippen molar-refractivity contribution < 1.29 is 4.74 Å². The van der Waals surface area contributed by atoms with Gasteiger partial charge >= 0.3 is 0 Å². The zero-order valence-corrected chi connectivity index (χ0v) is 12.5. The number of rotatable bonds is 2. The van der Waals surface area contributed by atoms with Crippen LogP contribution in [0.3, 0.4) is 0 Å². The molecule has 0 aromatic carbocycles. The zero-order valence-electron chi connectivity index (χ0n) is 12.5. The summed E-state index contributed by atoms with van der Waals surface area (Å²) >= 11 is 0. The van der Waals surface area contributed by atoms with E-state index in [0.29, 0.717) is 12.0 Å². The third kappa shape index (κ3) is 2.37. The molecule has 2 nitrogen and oxygen atoms in total. The Balaban J connectivity index is 1.57. The maximum Gasteiger partial charge on any atom is 0.109 e. The van der Waals surface area contributed by atoms with Gasteiger partial charge in [0.05, 0.1) is 0 Å². The van der Waals surface area contributed by atoms with E-state index < -0.39 is 0 Å². The standard InChI is InChI=1S/C19H23NO/c20-17-7-3-1-5-14(17)11-13-9-10-19-16(12-13)15-6-2-4-8-18(15)21-19/h2-3,6-7,12,15,18H,1,4-5,8-11,20H2. The lowest BCUT2D eigenvalue weighted by molar-refractivity contribution is 0.108. The number of nitrogens with two attached hydrogens (primary N) is 1. The second kappa shape index (κ2) is 5.25. The summed E-state index contributed by atoms with van der Waals surface area (Å²) in [6.45, 7) is 0. The molecule has 0 bridgehead atoms. The molecule has 0 radical (unpaired) electrons. The first-order valence-corrected chi connectivity index (χ1v) is 8.21. The van der Waals surface area contributed by atoms with E-state index in [1.807, 2.05) is 0 Å². The SMILES string of the molecule is NC1=C(CC2=CC3=C(CC2)OC2CCC=CC32)CCC=C1. The highest BCUT2D eigenvalue weighted by Gasteiger charge is 2.36. The topological polar surface area (TPSA) is 35.2 Å². The van der Waals surface area contributed by atoms with E-state index in [2.05, 4.69) is 30.4 Å². The fourth-order valence-corrected chi connectivity index (χ4v) is 3.96. The molecule has 2 atom stereocenters. The first-order chi connectivity index (χ1) is 10.3. The molecule has 0 amide bonds. The molecule has 0 saturated carbocycles. The summed E-state index contributed by atoms with van der Waals surface area (Å²) in [5, 5.41) is 0. The quantitative estimate of drug-likeness (QED) is 0.767. The Morgan fingerprint density at radius 2 is 2.10 bits per heavy atom. The van der Waals surface area contributed by atoms with Crippen molar-refractivity contribution in [3.8, 4) is 0 Å². The molecule has 4 aliphatic rings. The highest BCUT2D eigenvalue weighted by molar-refractivity contribution is 5.42. The van der Waals surface area contributed by atoms with Crippen molar-refractivity contribution in [1.82, 2.24) is 0 Å². The molecule has 0 fully saturated rings. The van der Waals surface area contributed by atoms with Gasteiger partial charge in [-0.15, -0.1) is 0 Å². The van der Waals surface area contributed by atoms with Crippen LogP contribution in [0, 0.1) is 5.92 Å². The lowest BCUT2D eigenvalue weighted by Gasteiger charge is -2.20. The third-order valence-corrected chi connectivity index (χ3v) is 5.13. The molecule has 0 aromatic rings. The van der Waals surface area contributed by atoms with Crippen molar-refractivity contribution in [2.24, 2.45) is 11.7 Å². The Labute approximate surface area is 126 Å². The monoisotopic (exact) mass is 281 g/mol. The van der Waals surface area contributed by atoms with Crippen LogP contribution in [0.1, 0.15) is 44.9 Å². The maximum atomic E-state index is 6.16. The molecule has 0 saturated heterocycles. The summed E-state index contributed by atoms with van der Waals surface area (Å²) in [5.74, 6) is 1.76. The number of hydrogen-bond acceptors (Lipinski definition) is 2. The summed E-state index contributed by atoms with van der Waals surface area (Å²) in [7, 11) is 0. The van der Waals surface area contributed by atoms with E-state index >= 15 is 0 Å².